The Kier molecular flexibility index (Phi) is 11.2. The number of hydrogen-bond donors (Lipinski definition) is 4. The van der Waals surface area contributed by atoms with Crippen LogP contribution in [0.1, 0.15) is 57.8 Å². The monoisotopic (exact) mass is 575 g/mol. The first-order valence-corrected chi connectivity index (χ1v) is 14.4. The van der Waals surface area contributed by atoms with Crippen LogP contribution >= 0.6 is 11.3 Å². The number of hydrogen-bond acceptors (Lipinski definition) is 8. The maximum atomic E-state index is 13.3. The number of piperidine rings is 1. The molecule has 11 nitrogen and oxygen atoms in total. The van der Waals surface area contributed by atoms with Gasteiger partial charge in [-0.2, -0.15) is 0 Å². The fourth-order valence-corrected chi connectivity index (χ4v) is 5.38. The summed E-state index contributed by atoms with van der Waals surface area (Å²) in [5, 5.41) is 14.8. The summed E-state index contributed by atoms with van der Waals surface area (Å²) in [5.74, 6) is 0.360. The zero-order valence-electron chi connectivity index (χ0n) is 23.9. The highest BCUT2D eigenvalue weighted by atomic mass is 32.1. The molecule has 12 heteroatoms. The number of carbonyl (C=O) groups is 3. The van der Waals surface area contributed by atoms with Crippen molar-refractivity contribution < 1.29 is 29.1 Å². The van der Waals surface area contributed by atoms with Gasteiger partial charge in [-0.05, 0) is 82.6 Å². The zero-order valence-corrected chi connectivity index (χ0v) is 24.7. The topological polar surface area (TPSA) is 132 Å². The molecule has 2 heterocycles. The number of anilines is 1. The first-order valence-electron chi connectivity index (χ1n) is 13.6. The molecular weight excluding hydrogens is 534 g/mol. The SMILES string of the molecule is CCN(CC)CCOc1ccc(-c2cc(C(=O)N[C@H]3CCCN(C(=O)OC(C)(C)C)C3)c(NC(=O)NO)s2)cc1. The number of carbonyl (C=O) groups excluding carboxylic acids is 3. The van der Waals surface area contributed by atoms with Crippen molar-refractivity contribution in [2.24, 2.45) is 0 Å². The molecule has 0 spiro atoms. The van der Waals surface area contributed by atoms with E-state index in [0.717, 1.165) is 42.2 Å². The van der Waals surface area contributed by atoms with Gasteiger partial charge in [-0.25, -0.2) is 15.1 Å². The number of hydroxylamine groups is 1. The van der Waals surface area contributed by atoms with Gasteiger partial charge in [-0.1, -0.05) is 13.8 Å². The summed E-state index contributed by atoms with van der Waals surface area (Å²) in [5.41, 5.74) is 2.04. The summed E-state index contributed by atoms with van der Waals surface area (Å²) in [6.45, 7) is 13.9. The third-order valence-corrected chi connectivity index (χ3v) is 7.52. The molecule has 2 aromatic rings. The standard InChI is InChI=1S/C28H41N5O6S/c1-6-32(7-2)15-16-38-21-12-10-19(11-13-21)23-17-22(25(40-23)30-26(35)31-37)24(34)29-20-9-8-14-33(18-20)27(36)39-28(3,4)5/h10-13,17,20,37H,6-9,14-16,18H2,1-5H3,(H,29,34)(H2,30,31,35)/t20-/m0/s1. The minimum Gasteiger partial charge on any atom is -0.492 e. The van der Waals surface area contributed by atoms with Crippen molar-refractivity contribution >= 4 is 34.4 Å². The molecule has 1 aliphatic rings. The molecule has 0 aliphatic carbocycles. The third kappa shape index (κ3) is 9.10. The van der Waals surface area contributed by atoms with Crippen LogP contribution < -0.4 is 20.9 Å². The number of thiophene rings is 1. The van der Waals surface area contributed by atoms with E-state index in [1.165, 1.54) is 16.8 Å². The lowest BCUT2D eigenvalue weighted by Gasteiger charge is -2.34. The Morgan fingerprint density at radius 1 is 1.15 bits per heavy atom. The predicted molar refractivity (Wildman–Crippen MR) is 155 cm³/mol. The number of ether oxygens (including phenoxy) is 2. The molecule has 220 valence electrons. The van der Waals surface area contributed by atoms with Crippen LogP contribution in [0.15, 0.2) is 30.3 Å². The van der Waals surface area contributed by atoms with Gasteiger partial charge >= 0.3 is 12.1 Å². The van der Waals surface area contributed by atoms with Crippen molar-refractivity contribution in [3.8, 4) is 16.2 Å². The molecule has 40 heavy (non-hydrogen) atoms. The quantitative estimate of drug-likeness (QED) is 0.237. The number of nitrogens with zero attached hydrogens (tertiary/aromatic N) is 2. The number of likely N-dealkylation sites (N-methyl/N-ethyl adjacent to an activating group) is 1. The second-order valence-electron chi connectivity index (χ2n) is 10.6. The van der Waals surface area contributed by atoms with Crippen molar-refractivity contribution in [1.29, 1.82) is 0 Å². The Morgan fingerprint density at radius 2 is 1.85 bits per heavy atom. The number of amides is 4. The fourth-order valence-electron chi connectivity index (χ4n) is 4.32. The molecule has 0 radical (unpaired) electrons. The van der Waals surface area contributed by atoms with Gasteiger partial charge in [0.05, 0.1) is 5.56 Å². The summed E-state index contributed by atoms with van der Waals surface area (Å²) in [6.07, 6.45) is 1.02. The van der Waals surface area contributed by atoms with Crippen LogP contribution in [0.4, 0.5) is 14.6 Å². The van der Waals surface area contributed by atoms with Gasteiger partial charge in [0.25, 0.3) is 5.91 Å². The lowest BCUT2D eigenvalue weighted by atomic mass is 10.1. The average molecular weight is 576 g/mol. The molecule has 0 unspecified atom stereocenters. The number of benzene rings is 1. The van der Waals surface area contributed by atoms with Crippen LogP contribution in [0.2, 0.25) is 0 Å². The van der Waals surface area contributed by atoms with Gasteiger partial charge < -0.3 is 24.6 Å². The van der Waals surface area contributed by atoms with E-state index in [0.29, 0.717) is 31.1 Å². The van der Waals surface area contributed by atoms with Crippen molar-refractivity contribution in [1.82, 2.24) is 20.6 Å². The van der Waals surface area contributed by atoms with Crippen molar-refractivity contribution in [2.45, 2.75) is 59.1 Å². The Labute approximate surface area is 239 Å². The smallest absolute Gasteiger partial charge is 0.410 e. The molecular formula is C28H41N5O6S. The Balaban J connectivity index is 1.71. The number of likely N-dealkylation sites (tertiary alicyclic amines) is 1. The van der Waals surface area contributed by atoms with Crippen LogP contribution in [0.25, 0.3) is 10.4 Å². The number of rotatable bonds is 10. The normalized spacial score (nSPS) is 15.5. The Hall–Kier alpha value is -3.35. The van der Waals surface area contributed by atoms with Gasteiger partial charge in [-0.15, -0.1) is 11.3 Å². The number of nitrogens with one attached hydrogen (secondary N) is 3. The summed E-state index contributed by atoms with van der Waals surface area (Å²) >= 11 is 1.22. The van der Waals surface area contributed by atoms with Crippen LogP contribution in [-0.4, -0.2) is 84.0 Å². The summed E-state index contributed by atoms with van der Waals surface area (Å²) < 4.78 is 11.3. The number of urea groups is 1. The van der Waals surface area contributed by atoms with Crippen LogP contribution in [-0.2, 0) is 4.74 Å². The Morgan fingerprint density at radius 3 is 2.48 bits per heavy atom. The van der Waals surface area contributed by atoms with Gasteiger partial charge in [0, 0.05) is 30.6 Å². The highest BCUT2D eigenvalue weighted by molar-refractivity contribution is 7.20. The molecule has 4 N–H and O–H groups in total. The van der Waals surface area contributed by atoms with E-state index in [2.05, 4.69) is 29.4 Å². The van der Waals surface area contributed by atoms with E-state index in [1.54, 1.807) is 11.0 Å². The molecule has 1 atom stereocenters. The van der Waals surface area contributed by atoms with E-state index in [-0.39, 0.29) is 17.5 Å². The van der Waals surface area contributed by atoms with Crippen molar-refractivity contribution in [3.05, 3.63) is 35.9 Å². The maximum absolute atomic E-state index is 13.3. The second kappa shape index (κ2) is 14.3. The molecule has 1 aromatic heterocycles. The molecule has 3 rings (SSSR count). The van der Waals surface area contributed by atoms with Gasteiger partial charge in [0.15, 0.2) is 0 Å². The molecule has 1 aliphatic heterocycles. The van der Waals surface area contributed by atoms with Crippen LogP contribution in [0.3, 0.4) is 0 Å². The largest absolute Gasteiger partial charge is 0.492 e. The lowest BCUT2D eigenvalue weighted by Crippen LogP contribution is -2.50. The fraction of sp³-hybridized carbons (Fsp3) is 0.536. The van der Waals surface area contributed by atoms with Crippen LogP contribution in [0.5, 0.6) is 5.75 Å². The lowest BCUT2D eigenvalue weighted by molar-refractivity contribution is 0.0185. The van der Waals surface area contributed by atoms with Crippen LogP contribution in [0, 0.1) is 0 Å². The summed E-state index contributed by atoms with van der Waals surface area (Å²) in [7, 11) is 0. The van der Waals surface area contributed by atoms with E-state index in [4.69, 9.17) is 14.7 Å². The summed E-state index contributed by atoms with van der Waals surface area (Å²) in [6, 6.07) is 8.12. The minimum atomic E-state index is -0.854. The average Bonchev–Trinajstić information content (AvgIpc) is 3.34. The second-order valence-corrected chi connectivity index (χ2v) is 11.6. The van der Waals surface area contributed by atoms with Crippen molar-refractivity contribution in [3.63, 3.8) is 0 Å². The highest BCUT2D eigenvalue weighted by Crippen LogP contribution is 2.36. The summed E-state index contributed by atoms with van der Waals surface area (Å²) in [4.78, 5) is 42.4. The highest BCUT2D eigenvalue weighted by Gasteiger charge is 2.29. The van der Waals surface area contributed by atoms with Crippen molar-refractivity contribution in [2.75, 3.05) is 44.6 Å². The molecule has 1 saturated heterocycles. The van der Waals surface area contributed by atoms with Gasteiger partial charge in [0.1, 0.15) is 23.0 Å². The first kappa shape index (κ1) is 31.2. The minimum absolute atomic E-state index is 0.262. The maximum Gasteiger partial charge on any atom is 0.410 e. The zero-order chi connectivity index (χ0) is 29.3. The van der Waals surface area contributed by atoms with E-state index in [9.17, 15) is 14.4 Å². The van der Waals surface area contributed by atoms with E-state index < -0.39 is 17.7 Å². The van der Waals surface area contributed by atoms with E-state index >= 15 is 0 Å². The van der Waals surface area contributed by atoms with Gasteiger partial charge in [0.2, 0.25) is 0 Å². The predicted octanol–water partition coefficient (Wildman–Crippen LogP) is 4.78. The third-order valence-electron chi connectivity index (χ3n) is 6.42. The molecule has 0 bridgehead atoms. The molecule has 0 saturated carbocycles. The van der Waals surface area contributed by atoms with Gasteiger partial charge in [-0.3, -0.25) is 15.3 Å². The molecule has 1 fully saturated rings. The van der Waals surface area contributed by atoms with E-state index in [1.807, 2.05) is 45.0 Å². The molecule has 1 aromatic carbocycles. The first-order chi connectivity index (χ1) is 19.0. The Bertz CT molecular complexity index is 1140. The molecule has 4 amide bonds.